The Morgan fingerprint density at radius 3 is 2.17 bits per heavy atom. The fourth-order valence-corrected chi connectivity index (χ4v) is 1.91. The highest BCUT2D eigenvalue weighted by Crippen LogP contribution is 2.19. The van der Waals surface area contributed by atoms with E-state index in [1.54, 1.807) is 0 Å². The summed E-state index contributed by atoms with van der Waals surface area (Å²) in [7, 11) is 0. The Bertz CT molecular complexity index is 508. The molecule has 0 aromatic heterocycles. The summed E-state index contributed by atoms with van der Waals surface area (Å²) in [4.78, 5) is 11.7. The molecule has 0 fully saturated rings. The normalized spacial score (nSPS) is 10.1. The summed E-state index contributed by atoms with van der Waals surface area (Å²) in [6, 6.07) is 17.8. The molecule has 0 unspecified atom stereocenters. The summed E-state index contributed by atoms with van der Waals surface area (Å²) in [6.45, 7) is 0.638. The molecule has 2 aromatic rings. The summed E-state index contributed by atoms with van der Waals surface area (Å²) in [5.41, 5.74) is 2.97. The van der Waals surface area contributed by atoms with Crippen molar-refractivity contribution in [1.29, 1.82) is 0 Å². The van der Waals surface area contributed by atoms with Gasteiger partial charge in [0.15, 0.2) is 0 Å². The van der Waals surface area contributed by atoms with Crippen LogP contribution in [0.25, 0.3) is 11.1 Å². The van der Waals surface area contributed by atoms with Crippen molar-refractivity contribution in [3.8, 4) is 11.1 Å². The number of benzene rings is 2. The highest BCUT2D eigenvalue weighted by Gasteiger charge is 2.04. The van der Waals surface area contributed by atoms with Crippen LogP contribution in [0.4, 0.5) is 0 Å². The van der Waals surface area contributed by atoms with Crippen molar-refractivity contribution in [2.45, 2.75) is 0 Å². The first-order chi connectivity index (χ1) is 8.81. The number of carbonyl (C=O) groups is 1. The summed E-state index contributed by atoms with van der Waals surface area (Å²) in [5, 5.41) is 3.59. The lowest BCUT2D eigenvalue weighted by Gasteiger charge is -2.05. The second-order valence-electron chi connectivity index (χ2n) is 3.89. The van der Waals surface area contributed by atoms with E-state index in [1.807, 2.05) is 42.5 Å². The van der Waals surface area contributed by atoms with Gasteiger partial charge in [0, 0.05) is 17.4 Å². The van der Waals surface area contributed by atoms with Crippen molar-refractivity contribution in [1.82, 2.24) is 5.32 Å². The highest BCUT2D eigenvalue weighted by atomic mass is 79.9. The second-order valence-corrected chi connectivity index (χ2v) is 4.68. The summed E-state index contributed by atoms with van der Waals surface area (Å²) in [5.74, 6) is -0.0333. The Balaban J connectivity index is 2.13. The number of halogens is 1. The minimum absolute atomic E-state index is 0.0333. The zero-order valence-corrected chi connectivity index (χ0v) is 11.5. The molecule has 2 aromatic carbocycles. The standard InChI is InChI=1S/C15H14BrNO/c16-10-11-17-15(18)14-8-6-13(7-9-14)12-4-2-1-3-5-12/h1-9H,10-11H2,(H,17,18). The molecule has 0 saturated heterocycles. The predicted molar refractivity (Wildman–Crippen MR) is 78.0 cm³/mol. The largest absolute Gasteiger partial charge is 0.351 e. The molecule has 18 heavy (non-hydrogen) atoms. The van der Waals surface area contributed by atoms with Gasteiger partial charge in [-0.05, 0) is 23.3 Å². The molecular weight excluding hydrogens is 290 g/mol. The molecule has 0 aliphatic rings. The molecule has 3 heteroatoms. The number of hydrogen-bond acceptors (Lipinski definition) is 1. The Kier molecular flexibility index (Phi) is 4.53. The van der Waals surface area contributed by atoms with E-state index >= 15 is 0 Å². The van der Waals surface area contributed by atoms with Crippen LogP contribution in [0, 0.1) is 0 Å². The van der Waals surface area contributed by atoms with Crippen molar-refractivity contribution in [3.05, 3.63) is 60.2 Å². The van der Waals surface area contributed by atoms with Gasteiger partial charge in [0.1, 0.15) is 0 Å². The van der Waals surface area contributed by atoms with Crippen LogP contribution in [-0.2, 0) is 0 Å². The molecule has 92 valence electrons. The number of alkyl halides is 1. The average Bonchev–Trinajstić information content (AvgIpc) is 2.46. The first kappa shape index (κ1) is 12.8. The van der Waals surface area contributed by atoms with Gasteiger partial charge in [0.05, 0.1) is 0 Å². The monoisotopic (exact) mass is 303 g/mol. The molecule has 0 bridgehead atoms. The maximum Gasteiger partial charge on any atom is 0.251 e. The summed E-state index contributed by atoms with van der Waals surface area (Å²) in [6.07, 6.45) is 0. The molecule has 0 aliphatic heterocycles. The Hall–Kier alpha value is -1.61. The van der Waals surface area contributed by atoms with Gasteiger partial charge in [0.2, 0.25) is 0 Å². The molecule has 1 N–H and O–H groups in total. The van der Waals surface area contributed by atoms with E-state index in [9.17, 15) is 4.79 Å². The molecule has 0 heterocycles. The highest BCUT2D eigenvalue weighted by molar-refractivity contribution is 9.09. The molecule has 2 rings (SSSR count). The average molecular weight is 304 g/mol. The van der Waals surface area contributed by atoms with Crippen LogP contribution in [-0.4, -0.2) is 17.8 Å². The van der Waals surface area contributed by atoms with Gasteiger partial charge < -0.3 is 5.32 Å². The minimum atomic E-state index is -0.0333. The maximum atomic E-state index is 11.7. The third-order valence-electron chi connectivity index (χ3n) is 2.63. The Labute approximate surface area is 115 Å². The van der Waals surface area contributed by atoms with Crippen LogP contribution >= 0.6 is 15.9 Å². The fraction of sp³-hybridized carbons (Fsp3) is 0.133. The topological polar surface area (TPSA) is 29.1 Å². The number of rotatable bonds is 4. The maximum absolute atomic E-state index is 11.7. The first-order valence-corrected chi connectivity index (χ1v) is 6.93. The van der Waals surface area contributed by atoms with Crippen LogP contribution in [0.2, 0.25) is 0 Å². The molecule has 0 spiro atoms. The quantitative estimate of drug-likeness (QED) is 0.861. The van der Waals surface area contributed by atoms with Gasteiger partial charge in [-0.15, -0.1) is 0 Å². The molecule has 0 aliphatic carbocycles. The zero-order valence-electron chi connectivity index (χ0n) is 9.90. The van der Waals surface area contributed by atoms with E-state index in [-0.39, 0.29) is 5.91 Å². The molecule has 0 atom stereocenters. The van der Waals surface area contributed by atoms with Gasteiger partial charge in [-0.3, -0.25) is 4.79 Å². The lowest BCUT2D eigenvalue weighted by Crippen LogP contribution is -2.24. The van der Waals surface area contributed by atoms with Crippen LogP contribution in [0.1, 0.15) is 10.4 Å². The number of nitrogens with one attached hydrogen (secondary N) is 1. The van der Waals surface area contributed by atoms with E-state index in [0.717, 1.165) is 16.5 Å². The van der Waals surface area contributed by atoms with Gasteiger partial charge in [-0.1, -0.05) is 58.4 Å². The van der Waals surface area contributed by atoms with Gasteiger partial charge >= 0.3 is 0 Å². The fourth-order valence-electron chi connectivity index (χ4n) is 1.71. The molecular formula is C15H14BrNO. The van der Waals surface area contributed by atoms with Crippen molar-refractivity contribution in [2.24, 2.45) is 0 Å². The van der Waals surface area contributed by atoms with Gasteiger partial charge in [-0.2, -0.15) is 0 Å². The van der Waals surface area contributed by atoms with Crippen LogP contribution in [0.3, 0.4) is 0 Å². The number of hydrogen-bond donors (Lipinski definition) is 1. The lowest BCUT2D eigenvalue weighted by molar-refractivity contribution is 0.0956. The van der Waals surface area contributed by atoms with Crippen LogP contribution in [0.5, 0.6) is 0 Å². The SMILES string of the molecule is O=C(NCCBr)c1ccc(-c2ccccc2)cc1. The van der Waals surface area contributed by atoms with Crippen molar-refractivity contribution < 1.29 is 4.79 Å². The van der Waals surface area contributed by atoms with E-state index < -0.39 is 0 Å². The zero-order chi connectivity index (χ0) is 12.8. The second kappa shape index (κ2) is 6.36. The van der Waals surface area contributed by atoms with E-state index in [1.165, 1.54) is 0 Å². The molecule has 2 nitrogen and oxygen atoms in total. The van der Waals surface area contributed by atoms with Crippen LogP contribution in [0.15, 0.2) is 54.6 Å². The molecule has 0 saturated carbocycles. The summed E-state index contributed by atoms with van der Waals surface area (Å²) < 4.78 is 0. The minimum Gasteiger partial charge on any atom is -0.351 e. The van der Waals surface area contributed by atoms with Crippen molar-refractivity contribution >= 4 is 21.8 Å². The molecule has 1 amide bonds. The van der Waals surface area contributed by atoms with E-state index in [4.69, 9.17) is 0 Å². The van der Waals surface area contributed by atoms with Gasteiger partial charge in [-0.25, -0.2) is 0 Å². The van der Waals surface area contributed by atoms with Crippen molar-refractivity contribution in [3.63, 3.8) is 0 Å². The molecule has 0 radical (unpaired) electrons. The summed E-state index contributed by atoms with van der Waals surface area (Å²) >= 11 is 3.28. The first-order valence-electron chi connectivity index (χ1n) is 5.81. The van der Waals surface area contributed by atoms with Gasteiger partial charge in [0.25, 0.3) is 5.91 Å². The van der Waals surface area contributed by atoms with Crippen LogP contribution < -0.4 is 5.32 Å². The Morgan fingerprint density at radius 2 is 1.56 bits per heavy atom. The third-order valence-corrected chi connectivity index (χ3v) is 3.03. The number of amides is 1. The van der Waals surface area contributed by atoms with E-state index in [2.05, 4.69) is 33.4 Å². The smallest absolute Gasteiger partial charge is 0.251 e. The van der Waals surface area contributed by atoms with Crippen molar-refractivity contribution in [2.75, 3.05) is 11.9 Å². The third kappa shape index (κ3) is 3.20. The predicted octanol–water partition coefficient (Wildman–Crippen LogP) is 3.48. The van der Waals surface area contributed by atoms with E-state index in [0.29, 0.717) is 12.1 Å². The number of carbonyl (C=O) groups excluding carboxylic acids is 1. The lowest BCUT2D eigenvalue weighted by atomic mass is 10.0. The Morgan fingerprint density at radius 1 is 0.944 bits per heavy atom.